The van der Waals surface area contributed by atoms with Crippen LogP contribution in [0.15, 0.2) is 0 Å². The van der Waals surface area contributed by atoms with Gasteiger partial charge >= 0.3 is 18.1 Å². The molecule has 0 saturated heterocycles. The number of carboxylic acid groups (broad SMARTS) is 1. The lowest BCUT2D eigenvalue weighted by molar-refractivity contribution is -0.183. The molecule has 2 N–H and O–H groups in total. The van der Waals surface area contributed by atoms with Gasteiger partial charge in [-0.15, -0.1) is 0 Å². The van der Waals surface area contributed by atoms with Gasteiger partial charge in [-0.05, 0) is 12.8 Å². The zero-order valence-electron chi connectivity index (χ0n) is 8.22. The molecule has 0 spiro atoms. The molecular formula is C8H8F5NO3. The average molecular weight is 261 g/mol. The molecule has 0 unspecified atom stereocenters. The molecule has 4 nitrogen and oxygen atoms in total. The highest BCUT2D eigenvalue weighted by molar-refractivity contribution is 5.83. The van der Waals surface area contributed by atoms with Crippen molar-refractivity contribution in [3.05, 3.63) is 0 Å². The number of nitrogens with one attached hydrogen (secondary N) is 1. The average Bonchev–Trinajstić information content (AvgIpc) is 2.06. The Bertz CT molecular complexity index is 335. The molecule has 0 aliphatic heterocycles. The third kappa shape index (κ3) is 2.47. The molecule has 17 heavy (non-hydrogen) atoms. The van der Waals surface area contributed by atoms with Crippen molar-refractivity contribution in [1.29, 1.82) is 0 Å². The minimum atomic E-state index is -5.10. The smallest absolute Gasteiger partial charge is 0.471 e. The maximum atomic E-state index is 12.4. The van der Waals surface area contributed by atoms with Gasteiger partial charge < -0.3 is 10.4 Å². The highest BCUT2D eigenvalue weighted by Crippen LogP contribution is 2.46. The van der Waals surface area contributed by atoms with E-state index in [9.17, 15) is 31.5 Å². The van der Waals surface area contributed by atoms with Crippen LogP contribution in [0.3, 0.4) is 0 Å². The number of alkyl halides is 5. The Morgan fingerprint density at radius 1 is 1.29 bits per heavy atom. The number of aliphatic carboxylic acids is 1. The fraction of sp³-hybridized carbons (Fsp3) is 0.750. The molecule has 0 atom stereocenters. The van der Waals surface area contributed by atoms with Crippen molar-refractivity contribution in [3.8, 4) is 0 Å². The summed E-state index contributed by atoms with van der Waals surface area (Å²) in [5.74, 6) is -4.03. The number of amides is 1. The monoisotopic (exact) mass is 261 g/mol. The Hall–Kier alpha value is -1.41. The molecule has 1 saturated carbocycles. The van der Waals surface area contributed by atoms with E-state index in [0.29, 0.717) is 0 Å². The second-order valence-electron chi connectivity index (χ2n) is 3.84. The lowest BCUT2D eigenvalue weighted by Gasteiger charge is -2.43. The summed E-state index contributed by atoms with van der Waals surface area (Å²) in [4.78, 5) is 21.0. The first-order valence-corrected chi connectivity index (χ1v) is 4.49. The van der Waals surface area contributed by atoms with Gasteiger partial charge in [0.05, 0.1) is 0 Å². The van der Waals surface area contributed by atoms with Crippen LogP contribution in [-0.4, -0.2) is 35.6 Å². The minimum absolute atomic E-state index is 0.707. The Morgan fingerprint density at radius 3 is 2.06 bits per heavy atom. The molecule has 1 fully saturated rings. The Kier molecular flexibility index (Phi) is 3.30. The van der Waals surface area contributed by atoms with E-state index >= 15 is 0 Å². The summed E-state index contributed by atoms with van der Waals surface area (Å²) in [6, 6.07) is -1.19. The van der Waals surface area contributed by atoms with Crippen molar-refractivity contribution in [3.63, 3.8) is 0 Å². The number of hydrogen-bond acceptors (Lipinski definition) is 2. The number of carbonyl (C=O) groups is 2. The maximum absolute atomic E-state index is 12.4. The number of hydrogen-bond donors (Lipinski definition) is 2. The third-order valence-corrected chi connectivity index (χ3v) is 2.66. The number of rotatable bonds is 3. The van der Waals surface area contributed by atoms with Gasteiger partial charge in [0.1, 0.15) is 5.41 Å². The quantitative estimate of drug-likeness (QED) is 0.749. The highest BCUT2D eigenvalue weighted by Gasteiger charge is 2.58. The first-order valence-electron chi connectivity index (χ1n) is 4.49. The van der Waals surface area contributed by atoms with E-state index in [1.807, 2.05) is 0 Å². The zero-order chi connectivity index (χ0) is 13.4. The summed E-state index contributed by atoms with van der Waals surface area (Å²) >= 11 is 0. The Balaban J connectivity index is 2.57. The van der Waals surface area contributed by atoms with Gasteiger partial charge in [-0.3, -0.25) is 9.59 Å². The Labute approximate surface area is 91.8 Å². The van der Waals surface area contributed by atoms with Crippen molar-refractivity contribution in [2.24, 2.45) is 5.41 Å². The van der Waals surface area contributed by atoms with E-state index in [0.717, 1.165) is 0 Å². The minimum Gasteiger partial charge on any atom is -0.481 e. The third-order valence-electron chi connectivity index (χ3n) is 2.66. The van der Waals surface area contributed by atoms with Crippen molar-refractivity contribution < 1.29 is 36.6 Å². The predicted octanol–water partition coefficient (Wildman–Crippen LogP) is 1.16. The summed E-state index contributed by atoms with van der Waals surface area (Å²) in [6.45, 7) is 0. The molecule has 9 heteroatoms. The number of carboxylic acids is 1. The summed E-state index contributed by atoms with van der Waals surface area (Å²) in [6.07, 6.45) is -9.70. The van der Waals surface area contributed by atoms with Crippen molar-refractivity contribution in [2.45, 2.75) is 31.5 Å². The SMILES string of the molecule is O=C(NC1CC(C(=O)O)(C(F)F)C1)C(F)(F)F. The van der Waals surface area contributed by atoms with E-state index in [-0.39, 0.29) is 0 Å². The van der Waals surface area contributed by atoms with Gasteiger partial charge in [-0.2, -0.15) is 13.2 Å². The number of halogens is 5. The van der Waals surface area contributed by atoms with Crippen LogP contribution in [0.2, 0.25) is 0 Å². The van der Waals surface area contributed by atoms with Gasteiger partial charge in [0.15, 0.2) is 0 Å². The summed E-state index contributed by atoms with van der Waals surface area (Å²) in [5.41, 5.74) is -2.34. The van der Waals surface area contributed by atoms with Crippen LogP contribution in [0.4, 0.5) is 22.0 Å². The first-order chi connectivity index (χ1) is 7.59. The van der Waals surface area contributed by atoms with Crippen LogP contribution in [0.5, 0.6) is 0 Å². The van der Waals surface area contributed by atoms with Gasteiger partial charge in [0.2, 0.25) is 0 Å². The van der Waals surface area contributed by atoms with Crippen molar-refractivity contribution in [2.75, 3.05) is 0 Å². The van der Waals surface area contributed by atoms with Crippen molar-refractivity contribution >= 4 is 11.9 Å². The standard InChI is InChI=1S/C8H8F5NO3/c9-4(10)7(6(16)17)1-3(2-7)14-5(15)8(11,12)13/h3-4H,1-2H2,(H,14,15)(H,16,17). The second-order valence-corrected chi connectivity index (χ2v) is 3.84. The lowest BCUT2D eigenvalue weighted by atomic mass is 9.65. The van der Waals surface area contributed by atoms with Crippen LogP contribution in [-0.2, 0) is 9.59 Å². The largest absolute Gasteiger partial charge is 0.481 e. The molecule has 0 aromatic heterocycles. The summed E-state index contributed by atoms with van der Waals surface area (Å²) < 4.78 is 60.2. The highest BCUT2D eigenvalue weighted by atomic mass is 19.4. The molecule has 1 rings (SSSR count). The van der Waals surface area contributed by atoms with Crippen LogP contribution < -0.4 is 5.32 Å². The fourth-order valence-corrected chi connectivity index (χ4v) is 1.64. The molecule has 1 aliphatic rings. The van der Waals surface area contributed by atoms with Crippen LogP contribution in [0.25, 0.3) is 0 Å². The molecule has 98 valence electrons. The van der Waals surface area contributed by atoms with E-state index in [2.05, 4.69) is 0 Å². The van der Waals surface area contributed by atoms with E-state index < -0.39 is 48.8 Å². The van der Waals surface area contributed by atoms with Crippen LogP contribution in [0.1, 0.15) is 12.8 Å². The zero-order valence-corrected chi connectivity index (χ0v) is 8.22. The lowest BCUT2D eigenvalue weighted by Crippen LogP contribution is -2.59. The van der Waals surface area contributed by atoms with Gasteiger partial charge in [0, 0.05) is 6.04 Å². The molecule has 1 amide bonds. The summed E-state index contributed by atoms with van der Waals surface area (Å²) in [5, 5.41) is 10.0. The fourth-order valence-electron chi connectivity index (χ4n) is 1.64. The number of carbonyl (C=O) groups excluding carboxylic acids is 1. The van der Waals surface area contributed by atoms with E-state index in [4.69, 9.17) is 5.11 Å². The molecular weight excluding hydrogens is 253 g/mol. The molecule has 0 radical (unpaired) electrons. The second kappa shape index (κ2) is 4.11. The Morgan fingerprint density at radius 2 is 1.76 bits per heavy atom. The van der Waals surface area contributed by atoms with Gasteiger partial charge in [0.25, 0.3) is 6.43 Å². The van der Waals surface area contributed by atoms with Gasteiger partial charge in [-0.25, -0.2) is 8.78 Å². The van der Waals surface area contributed by atoms with Crippen LogP contribution >= 0.6 is 0 Å². The first kappa shape index (κ1) is 13.7. The molecule has 0 aromatic rings. The van der Waals surface area contributed by atoms with Crippen LogP contribution in [0, 0.1) is 5.41 Å². The maximum Gasteiger partial charge on any atom is 0.471 e. The molecule has 0 aromatic carbocycles. The molecule has 0 heterocycles. The normalized spacial score (nSPS) is 28.7. The molecule has 1 aliphatic carbocycles. The topological polar surface area (TPSA) is 66.4 Å². The van der Waals surface area contributed by atoms with Gasteiger partial charge in [-0.1, -0.05) is 0 Å². The molecule has 0 bridgehead atoms. The summed E-state index contributed by atoms with van der Waals surface area (Å²) in [7, 11) is 0. The van der Waals surface area contributed by atoms with Crippen molar-refractivity contribution in [1.82, 2.24) is 5.32 Å². The predicted molar refractivity (Wildman–Crippen MR) is 43.3 cm³/mol. The van der Waals surface area contributed by atoms with E-state index in [1.54, 1.807) is 0 Å². The van der Waals surface area contributed by atoms with E-state index in [1.165, 1.54) is 5.32 Å².